The molecule has 7 heteroatoms. The first-order valence-corrected chi connectivity index (χ1v) is 18.6. The monoisotopic (exact) mass is 614 g/mol. The summed E-state index contributed by atoms with van der Waals surface area (Å²) in [6.45, 7) is 4.46. The van der Waals surface area contributed by atoms with Crippen LogP contribution in [0.25, 0.3) is 0 Å². The van der Waals surface area contributed by atoms with Gasteiger partial charge in [-0.3, -0.25) is 4.79 Å². The molecular weight excluding hydrogens is 542 g/mol. The summed E-state index contributed by atoms with van der Waals surface area (Å²) >= 11 is 0. The van der Waals surface area contributed by atoms with E-state index in [-0.39, 0.29) is 5.91 Å². The van der Waals surface area contributed by atoms with Crippen LogP contribution in [0.4, 0.5) is 0 Å². The second kappa shape index (κ2) is 27.6. The molecule has 256 valence electrons. The van der Waals surface area contributed by atoms with Crippen molar-refractivity contribution in [2.24, 2.45) is 0 Å². The van der Waals surface area contributed by atoms with E-state index in [9.17, 15) is 25.2 Å². The molecule has 5 atom stereocenters. The van der Waals surface area contributed by atoms with E-state index in [1.165, 1.54) is 122 Å². The molecule has 0 unspecified atom stereocenters. The quantitative estimate of drug-likeness (QED) is 0.0641. The third kappa shape index (κ3) is 18.7. The number of unbranched alkanes of at least 4 members (excludes halogenated alkanes) is 23. The molecule has 1 aliphatic heterocycles. The molecule has 43 heavy (non-hydrogen) atoms. The standard InChI is InChI=1S/C36H71NO6/c1-3-5-7-9-11-13-15-16-17-18-19-20-22-24-26-28-32(39)37(29-27-25-23-21-14-12-10-8-6-4-2)36-35(42)34(41)33(40)31(30-38)43-36/h31,33-36,38,40-42H,3-30H2,1-2H3/t31-,33+,34+,35-,36-/m1/s1. The Morgan fingerprint density at radius 2 is 0.907 bits per heavy atom. The smallest absolute Gasteiger partial charge is 0.224 e. The van der Waals surface area contributed by atoms with Crippen LogP contribution < -0.4 is 0 Å². The van der Waals surface area contributed by atoms with E-state index in [4.69, 9.17) is 4.74 Å². The van der Waals surface area contributed by atoms with Crippen molar-refractivity contribution in [2.45, 2.75) is 211 Å². The van der Waals surface area contributed by atoms with Crippen LogP contribution in [0.1, 0.15) is 181 Å². The zero-order chi connectivity index (χ0) is 31.5. The minimum absolute atomic E-state index is 0.0880. The zero-order valence-electron chi connectivity index (χ0n) is 28.2. The van der Waals surface area contributed by atoms with Crippen molar-refractivity contribution < 1.29 is 30.0 Å². The van der Waals surface area contributed by atoms with Gasteiger partial charge in [-0.05, 0) is 12.8 Å². The third-order valence-corrected chi connectivity index (χ3v) is 9.24. The molecule has 1 saturated heterocycles. The van der Waals surface area contributed by atoms with Crippen LogP contribution in [0.15, 0.2) is 0 Å². The number of rotatable bonds is 29. The molecule has 1 fully saturated rings. The van der Waals surface area contributed by atoms with Crippen LogP contribution in [0.3, 0.4) is 0 Å². The van der Waals surface area contributed by atoms with Gasteiger partial charge in [0.1, 0.15) is 24.4 Å². The van der Waals surface area contributed by atoms with Crippen LogP contribution in [0, 0.1) is 0 Å². The van der Waals surface area contributed by atoms with Crippen LogP contribution in [0.5, 0.6) is 0 Å². The predicted molar refractivity (Wildman–Crippen MR) is 177 cm³/mol. The lowest BCUT2D eigenvalue weighted by molar-refractivity contribution is -0.262. The molecule has 0 bridgehead atoms. The Balaban J connectivity index is 2.34. The van der Waals surface area contributed by atoms with Gasteiger partial charge in [-0.1, -0.05) is 162 Å². The summed E-state index contributed by atoms with van der Waals surface area (Å²) in [5.74, 6) is -0.0880. The number of hydrogen-bond acceptors (Lipinski definition) is 6. The Bertz CT molecular complexity index is 633. The number of carbonyl (C=O) groups is 1. The Morgan fingerprint density at radius 1 is 0.535 bits per heavy atom. The SMILES string of the molecule is CCCCCCCCCCCCCCCCCC(=O)N(CCCCCCCCCCCC)[C@@H]1O[C@H](CO)[C@H](O)[C@H](O)[C@H]1O. The first-order valence-electron chi connectivity index (χ1n) is 18.6. The number of amides is 1. The van der Waals surface area contributed by atoms with Crippen molar-refractivity contribution in [3.05, 3.63) is 0 Å². The summed E-state index contributed by atoms with van der Waals surface area (Å²) in [5, 5.41) is 40.9. The Morgan fingerprint density at radius 3 is 1.30 bits per heavy atom. The number of hydrogen-bond donors (Lipinski definition) is 4. The molecule has 4 N–H and O–H groups in total. The maximum Gasteiger partial charge on any atom is 0.224 e. The number of aliphatic hydroxyl groups excluding tert-OH is 4. The average Bonchev–Trinajstić information content (AvgIpc) is 3.01. The molecule has 0 saturated carbocycles. The fourth-order valence-corrected chi connectivity index (χ4v) is 6.29. The maximum atomic E-state index is 13.3. The van der Waals surface area contributed by atoms with Gasteiger partial charge in [-0.25, -0.2) is 0 Å². The number of nitrogens with zero attached hydrogens (tertiary/aromatic N) is 1. The Hall–Kier alpha value is -0.730. The number of carbonyl (C=O) groups excluding carboxylic acids is 1. The van der Waals surface area contributed by atoms with Crippen LogP contribution in [-0.4, -0.2) is 75.0 Å². The summed E-state index contributed by atoms with van der Waals surface area (Å²) in [5.41, 5.74) is 0. The molecule has 0 radical (unpaired) electrons. The molecular formula is C36H71NO6. The lowest BCUT2D eigenvalue weighted by Crippen LogP contribution is -2.64. The van der Waals surface area contributed by atoms with Crippen molar-refractivity contribution in [1.82, 2.24) is 4.90 Å². The Kier molecular flexibility index (Phi) is 25.8. The normalized spacial score (nSPS) is 22.2. The molecule has 0 aromatic rings. The number of aliphatic hydroxyl groups is 4. The summed E-state index contributed by atoms with van der Waals surface area (Å²) in [7, 11) is 0. The largest absolute Gasteiger partial charge is 0.394 e. The molecule has 0 spiro atoms. The van der Waals surface area contributed by atoms with Gasteiger partial charge in [0.15, 0.2) is 6.23 Å². The predicted octanol–water partition coefficient (Wildman–Crippen LogP) is 7.80. The van der Waals surface area contributed by atoms with Gasteiger partial charge in [0.25, 0.3) is 0 Å². The molecule has 1 rings (SSSR count). The van der Waals surface area contributed by atoms with E-state index < -0.39 is 37.3 Å². The van der Waals surface area contributed by atoms with Crippen molar-refractivity contribution in [1.29, 1.82) is 0 Å². The Labute approximate surface area is 265 Å². The van der Waals surface area contributed by atoms with E-state index >= 15 is 0 Å². The molecule has 1 amide bonds. The zero-order valence-corrected chi connectivity index (χ0v) is 28.2. The van der Waals surface area contributed by atoms with E-state index in [1.807, 2.05) is 0 Å². The highest BCUT2D eigenvalue weighted by molar-refractivity contribution is 5.76. The molecule has 7 nitrogen and oxygen atoms in total. The van der Waals surface area contributed by atoms with Crippen molar-refractivity contribution in [2.75, 3.05) is 13.2 Å². The van der Waals surface area contributed by atoms with Gasteiger partial charge in [-0.15, -0.1) is 0 Å². The molecule has 0 aromatic heterocycles. The van der Waals surface area contributed by atoms with E-state index in [0.717, 1.165) is 38.5 Å². The van der Waals surface area contributed by atoms with Gasteiger partial charge in [-0.2, -0.15) is 0 Å². The van der Waals surface area contributed by atoms with E-state index in [1.54, 1.807) is 4.90 Å². The molecule has 1 heterocycles. The second-order valence-electron chi connectivity index (χ2n) is 13.2. The van der Waals surface area contributed by atoms with Gasteiger partial charge in [0.05, 0.1) is 6.61 Å². The van der Waals surface area contributed by atoms with Gasteiger partial charge in [0.2, 0.25) is 5.91 Å². The van der Waals surface area contributed by atoms with Gasteiger partial charge >= 0.3 is 0 Å². The minimum Gasteiger partial charge on any atom is -0.394 e. The van der Waals surface area contributed by atoms with Crippen molar-refractivity contribution >= 4 is 5.91 Å². The summed E-state index contributed by atoms with van der Waals surface area (Å²) < 4.78 is 5.78. The highest BCUT2D eigenvalue weighted by Crippen LogP contribution is 2.25. The molecule has 0 aliphatic carbocycles. The van der Waals surface area contributed by atoms with Crippen LogP contribution >= 0.6 is 0 Å². The number of ether oxygens (including phenoxy) is 1. The first-order chi connectivity index (χ1) is 21.0. The highest BCUT2D eigenvalue weighted by Gasteiger charge is 2.46. The fourth-order valence-electron chi connectivity index (χ4n) is 6.29. The van der Waals surface area contributed by atoms with Gasteiger partial charge < -0.3 is 30.1 Å². The van der Waals surface area contributed by atoms with E-state index in [2.05, 4.69) is 13.8 Å². The van der Waals surface area contributed by atoms with Crippen molar-refractivity contribution in [3.8, 4) is 0 Å². The fraction of sp³-hybridized carbons (Fsp3) is 0.972. The topological polar surface area (TPSA) is 110 Å². The lowest BCUT2D eigenvalue weighted by atomic mass is 9.97. The molecule has 1 aliphatic rings. The third-order valence-electron chi connectivity index (χ3n) is 9.24. The average molecular weight is 614 g/mol. The van der Waals surface area contributed by atoms with Crippen LogP contribution in [-0.2, 0) is 9.53 Å². The summed E-state index contributed by atoms with van der Waals surface area (Å²) in [6, 6.07) is 0. The van der Waals surface area contributed by atoms with Gasteiger partial charge in [0, 0.05) is 13.0 Å². The molecule has 0 aromatic carbocycles. The first kappa shape index (κ1) is 40.3. The second-order valence-corrected chi connectivity index (χ2v) is 13.2. The van der Waals surface area contributed by atoms with Crippen LogP contribution in [0.2, 0.25) is 0 Å². The maximum absolute atomic E-state index is 13.3. The highest BCUT2D eigenvalue weighted by atomic mass is 16.6. The van der Waals surface area contributed by atoms with Crippen molar-refractivity contribution in [3.63, 3.8) is 0 Å². The minimum atomic E-state index is -1.47. The summed E-state index contributed by atoms with van der Waals surface area (Å²) in [4.78, 5) is 14.9. The van der Waals surface area contributed by atoms with E-state index in [0.29, 0.717) is 13.0 Å². The lowest BCUT2D eigenvalue weighted by Gasteiger charge is -2.44. The summed E-state index contributed by atoms with van der Waals surface area (Å²) in [6.07, 6.45) is 24.9.